The van der Waals surface area contributed by atoms with Crippen LogP contribution in [0.4, 0.5) is 11.4 Å². The van der Waals surface area contributed by atoms with Crippen molar-refractivity contribution >= 4 is 28.9 Å². The molecule has 6 nitrogen and oxygen atoms in total. The van der Waals surface area contributed by atoms with E-state index in [-0.39, 0.29) is 16.6 Å². The van der Waals surface area contributed by atoms with E-state index in [1.54, 1.807) is 0 Å². The molecule has 7 heteroatoms. The molecule has 0 heterocycles. The Labute approximate surface area is 122 Å². The van der Waals surface area contributed by atoms with Crippen molar-refractivity contribution in [3.63, 3.8) is 0 Å². The van der Waals surface area contributed by atoms with E-state index < -0.39 is 4.92 Å². The fraction of sp³-hybridized carbons (Fsp3) is 0.462. The van der Waals surface area contributed by atoms with Crippen molar-refractivity contribution in [3.8, 4) is 0 Å². The summed E-state index contributed by atoms with van der Waals surface area (Å²) in [5.74, 6) is -0.138. The van der Waals surface area contributed by atoms with E-state index in [9.17, 15) is 14.9 Å². The van der Waals surface area contributed by atoms with Crippen LogP contribution in [0.25, 0.3) is 0 Å². The van der Waals surface area contributed by atoms with Gasteiger partial charge in [-0.05, 0) is 25.1 Å². The molecule has 0 aliphatic heterocycles. The van der Waals surface area contributed by atoms with Crippen molar-refractivity contribution in [1.82, 2.24) is 5.32 Å². The van der Waals surface area contributed by atoms with Gasteiger partial charge in [-0.25, -0.2) is 0 Å². The third-order valence-corrected chi connectivity index (χ3v) is 2.86. The summed E-state index contributed by atoms with van der Waals surface area (Å²) >= 11 is 5.77. The summed E-state index contributed by atoms with van der Waals surface area (Å²) in [6, 6.07) is 4.52. The maximum Gasteiger partial charge on any atom is 0.288 e. The first-order valence-electron chi connectivity index (χ1n) is 6.37. The number of nitrogens with zero attached hydrogens (tertiary/aromatic N) is 1. The number of anilines is 1. The zero-order valence-electron chi connectivity index (χ0n) is 11.5. The van der Waals surface area contributed by atoms with Crippen molar-refractivity contribution in [2.75, 3.05) is 11.9 Å². The molecule has 1 amide bonds. The van der Waals surface area contributed by atoms with E-state index >= 15 is 0 Å². The molecule has 1 rings (SSSR count). The molecule has 0 spiro atoms. The second-order valence-corrected chi connectivity index (χ2v) is 5.09. The van der Waals surface area contributed by atoms with E-state index in [1.165, 1.54) is 18.2 Å². The number of carbonyl (C=O) groups is 1. The first-order chi connectivity index (χ1) is 9.40. The van der Waals surface area contributed by atoms with E-state index in [0.717, 1.165) is 13.0 Å². The van der Waals surface area contributed by atoms with Crippen LogP contribution in [0, 0.1) is 10.1 Å². The predicted octanol–water partition coefficient (Wildman–Crippen LogP) is 2.96. The molecular weight excluding hydrogens is 282 g/mol. The molecule has 0 saturated carbocycles. The van der Waals surface area contributed by atoms with Crippen LogP contribution in [0.3, 0.4) is 0 Å². The lowest BCUT2D eigenvalue weighted by molar-refractivity contribution is -0.384. The highest BCUT2D eigenvalue weighted by atomic mass is 35.5. The van der Waals surface area contributed by atoms with Crippen LogP contribution >= 0.6 is 11.6 Å². The van der Waals surface area contributed by atoms with Crippen molar-refractivity contribution < 1.29 is 9.72 Å². The Morgan fingerprint density at radius 2 is 2.15 bits per heavy atom. The normalized spacial score (nSPS) is 10.6. The first kappa shape index (κ1) is 16.4. The molecule has 0 saturated heterocycles. The van der Waals surface area contributed by atoms with Crippen molar-refractivity contribution in [2.45, 2.75) is 32.7 Å². The summed E-state index contributed by atoms with van der Waals surface area (Å²) in [5, 5.41) is 16.5. The van der Waals surface area contributed by atoms with Crippen LogP contribution in [0.15, 0.2) is 18.2 Å². The molecule has 0 aliphatic rings. The monoisotopic (exact) mass is 299 g/mol. The maximum atomic E-state index is 11.7. The standard InChI is InChI=1S/C13H18ClN3O3/c1-9(2)15-7-3-4-13(18)16-10-5-6-12(17(19)20)11(14)8-10/h5-6,8-9,15H,3-4,7H2,1-2H3,(H,16,18). The molecule has 0 atom stereocenters. The smallest absolute Gasteiger partial charge is 0.288 e. The summed E-state index contributed by atoms with van der Waals surface area (Å²) < 4.78 is 0. The Kier molecular flexibility index (Phi) is 6.41. The highest BCUT2D eigenvalue weighted by molar-refractivity contribution is 6.33. The lowest BCUT2D eigenvalue weighted by Crippen LogP contribution is -2.24. The molecular formula is C13H18ClN3O3. The van der Waals surface area contributed by atoms with Gasteiger partial charge in [0.15, 0.2) is 0 Å². The third-order valence-electron chi connectivity index (χ3n) is 2.56. The predicted molar refractivity (Wildman–Crippen MR) is 79.1 cm³/mol. The molecule has 1 aromatic carbocycles. The van der Waals surface area contributed by atoms with Crippen LogP contribution in [0.2, 0.25) is 5.02 Å². The summed E-state index contributed by atoms with van der Waals surface area (Å²) in [4.78, 5) is 21.7. The first-order valence-corrected chi connectivity index (χ1v) is 6.75. The highest BCUT2D eigenvalue weighted by Gasteiger charge is 2.12. The van der Waals surface area contributed by atoms with Gasteiger partial charge in [-0.2, -0.15) is 0 Å². The summed E-state index contributed by atoms with van der Waals surface area (Å²) in [7, 11) is 0. The number of hydrogen-bond acceptors (Lipinski definition) is 4. The Morgan fingerprint density at radius 3 is 2.70 bits per heavy atom. The average Bonchev–Trinajstić information content (AvgIpc) is 2.34. The van der Waals surface area contributed by atoms with Crippen LogP contribution in [0.5, 0.6) is 0 Å². The third kappa shape index (κ3) is 5.54. The Morgan fingerprint density at radius 1 is 1.45 bits per heavy atom. The molecule has 0 bridgehead atoms. The molecule has 0 aliphatic carbocycles. The molecule has 20 heavy (non-hydrogen) atoms. The van der Waals surface area contributed by atoms with Gasteiger partial charge in [-0.15, -0.1) is 0 Å². The molecule has 110 valence electrons. The lowest BCUT2D eigenvalue weighted by Gasteiger charge is -2.08. The van der Waals surface area contributed by atoms with Gasteiger partial charge in [-0.1, -0.05) is 25.4 Å². The molecule has 0 radical (unpaired) electrons. The second-order valence-electron chi connectivity index (χ2n) is 4.68. The molecule has 1 aromatic rings. The average molecular weight is 300 g/mol. The van der Waals surface area contributed by atoms with E-state index in [4.69, 9.17) is 11.6 Å². The number of halogens is 1. The quantitative estimate of drug-likeness (QED) is 0.460. The summed E-state index contributed by atoms with van der Waals surface area (Å²) in [6.07, 6.45) is 1.11. The minimum absolute atomic E-state index is 0.00859. The molecule has 2 N–H and O–H groups in total. The fourth-order valence-corrected chi connectivity index (χ4v) is 1.85. The van der Waals surface area contributed by atoms with Gasteiger partial charge in [0.05, 0.1) is 4.92 Å². The number of nitro benzene ring substituents is 1. The van der Waals surface area contributed by atoms with Crippen LogP contribution < -0.4 is 10.6 Å². The number of rotatable bonds is 7. The molecule has 0 unspecified atom stereocenters. The minimum Gasteiger partial charge on any atom is -0.326 e. The van der Waals surface area contributed by atoms with Crippen LogP contribution in [-0.2, 0) is 4.79 Å². The summed E-state index contributed by atoms with van der Waals surface area (Å²) in [5.41, 5.74) is 0.285. The fourth-order valence-electron chi connectivity index (χ4n) is 1.60. The van der Waals surface area contributed by atoms with Gasteiger partial charge in [0.25, 0.3) is 5.69 Å². The number of amides is 1. The van der Waals surface area contributed by atoms with Crippen molar-refractivity contribution in [3.05, 3.63) is 33.3 Å². The van der Waals surface area contributed by atoms with Crippen molar-refractivity contribution in [2.24, 2.45) is 0 Å². The van der Waals surface area contributed by atoms with Crippen LogP contribution in [0.1, 0.15) is 26.7 Å². The number of nitrogens with one attached hydrogen (secondary N) is 2. The number of benzene rings is 1. The maximum absolute atomic E-state index is 11.7. The van der Waals surface area contributed by atoms with Crippen LogP contribution in [-0.4, -0.2) is 23.4 Å². The Bertz CT molecular complexity index is 492. The highest BCUT2D eigenvalue weighted by Crippen LogP contribution is 2.27. The summed E-state index contributed by atoms with van der Waals surface area (Å²) in [6.45, 7) is 4.85. The van der Waals surface area contributed by atoms with E-state index in [1.807, 2.05) is 13.8 Å². The van der Waals surface area contributed by atoms with Gasteiger partial charge in [0.2, 0.25) is 5.91 Å². The number of carbonyl (C=O) groups excluding carboxylic acids is 1. The zero-order valence-corrected chi connectivity index (χ0v) is 12.2. The number of hydrogen-bond donors (Lipinski definition) is 2. The van der Waals surface area contributed by atoms with Gasteiger partial charge < -0.3 is 10.6 Å². The Hall–Kier alpha value is -1.66. The van der Waals surface area contributed by atoms with E-state index in [0.29, 0.717) is 18.2 Å². The topological polar surface area (TPSA) is 84.3 Å². The zero-order chi connectivity index (χ0) is 15.1. The van der Waals surface area contributed by atoms with Gasteiger partial charge >= 0.3 is 0 Å². The van der Waals surface area contributed by atoms with Gasteiger partial charge in [0, 0.05) is 24.2 Å². The molecule has 0 aromatic heterocycles. The number of nitro groups is 1. The largest absolute Gasteiger partial charge is 0.326 e. The van der Waals surface area contributed by atoms with Gasteiger partial charge in [0.1, 0.15) is 5.02 Å². The SMILES string of the molecule is CC(C)NCCCC(=O)Nc1ccc([N+](=O)[O-])c(Cl)c1. The second kappa shape index (κ2) is 7.81. The van der Waals surface area contributed by atoms with Crippen molar-refractivity contribution in [1.29, 1.82) is 0 Å². The van der Waals surface area contributed by atoms with Gasteiger partial charge in [-0.3, -0.25) is 14.9 Å². The van der Waals surface area contributed by atoms with E-state index in [2.05, 4.69) is 10.6 Å². The minimum atomic E-state index is -0.564. The molecule has 0 fully saturated rings. The Balaban J connectivity index is 2.46. The lowest BCUT2D eigenvalue weighted by atomic mass is 10.2.